The van der Waals surface area contributed by atoms with Crippen molar-refractivity contribution in [2.75, 3.05) is 10.6 Å². The van der Waals surface area contributed by atoms with Gasteiger partial charge in [-0.25, -0.2) is 0 Å². The van der Waals surface area contributed by atoms with Crippen molar-refractivity contribution in [2.45, 2.75) is 13.1 Å². The smallest absolute Gasteiger partial charge is 0.330 e. The first-order valence-electron chi connectivity index (χ1n) is 16.2. The Morgan fingerprint density at radius 3 is 1.93 bits per heavy atom. The Morgan fingerprint density at radius 2 is 1.37 bits per heavy atom. The third-order valence-electron chi connectivity index (χ3n) is 7.94. The van der Waals surface area contributed by atoms with Crippen LogP contribution >= 0.6 is 46.8 Å². The van der Waals surface area contributed by atoms with Crippen LogP contribution in [-0.4, -0.2) is 70.2 Å². The predicted molar refractivity (Wildman–Crippen MR) is 225 cm³/mol. The van der Waals surface area contributed by atoms with Gasteiger partial charge >= 0.3 is 32.9 Å². The van der Waals surface area contributed by atoms with Crippen molar-refractivity contribution in [3.8, 4) is 10.6 Å². The number of carbonyl (C=O) groups excluding carboxylic acids is 1. The number of aryl methyl sites for hydroxylation is 2. The van der Waals surface area contributed by atoms with Crippen LogP contribution in [0.2, 0.25) is 10.0 Å². The second-order valence-electron chi connectivity index (χ2n) is 12.0. The molecule has 312 valence electrons. The van der Waals surface area contributed by atoms with Crippen molar-refractivity contribution in [2.24, 2.45) is 24.1 Å². The van der Waals surface area contributed by atoms with E-state index in [-0.39, 0.29) is 10.7 Å². The lowest BCUT2D eigenvalue weighted by Gasteiger charge is -2.14. The summed E-state index contributed by atoms with van der Waals surface area (Å²) >= 11 is 19.0. The number of hydrazine groups is 1. The SMILES string of the molecule is Cn1cc(-c2nnc(Nc3ccc4c(c3Cl)C=NC4)s2)cc([N+](=O)[O-])c1=O.Cn1cc(C(=O)NNC(=S)Nc2ccc3c(c2Cl)C=NC3)cc([N+](=O)[O-])c1=O.O=S(=O)(O)O. The highest BCUT2D eigenvalue weighted by atomic mass is 35.5. The van der Waals surface area contributed by atoms with Gasteiger partial charge in [-0.15, -0.1) is 10.2 Å². The number of aromatic nitrogens is 4. The average Bonchev–Trinajstić information content (AvgIpc) is 3.97. The summed E-state index contributed by atoms with van der Waals surface area (Å²) < 4.78 is 33.7. The van der Waals surface area contributed by atoms with Gasteiger partial charge < -0.3 is 19.8 Å². The highest BCUT2D eigenvalue weighted by Gasteiger charge is 2.21. The number of hydrogen-bond donors (Lipinski definition) is 6. The number of benzene rings is 2. The summed E-state index contributed by atoms with van der Waals surface area (Å²) in [5, 5.41) is 38.0. The zero-order valence-electron chi connectivity index (χ0n) is 30.3. The van der Waals surface area contributed by atoms with Gasteiger partial charge in [0.1, 0.15) is 0 Å². The number of amides is 1. The van der Waals surface area contributed by atoms with E-state index in [2.05, 4.69) is 41.7 Å². The summed E-state index contributed by atoms with van der Waals surface area (Å²) in [5.41, 5.74) is 7.33. The molecule has 2 aliphatic rings. The monoisotopic (exact) mass is 920 g/mol. The van der Waals surface area contributed by atoms with E-state index in [4.69, 9.17) is 52.9 Å². The molecule has 0 saturated heterocycles. The van der Waals surface area contributed by atoms with Crippen LogP contribution < -0.4 is 32.6 Å². The molecule has 5 aromatic rings. The Labute approximate surface area is 355 Å². The molecule has 0 spiro atoms. The van der Waals surface area contributed by atoms with Crippen LogP contribution in [0.15, 0.2) is 68.4 Å². The molecule has 5 heterocycles. The van der Waals surface area contributed by atoms with Crippen LogP contribution in [0.4, 0.5) is 27.9 Å². The van der Waals surface area contributed by atoms with E-state index in [1.165, 1.54) is 43.9 Å². The number of rotatable bonds is 7. The summed E-state index contributed by atoms with van der Waals surface area (Å²) in [7, 11) is -1.91. The molecule has 28 heteroatoms. The minimum atomic E-state index is -4.67. The number of aliphatic imine (C=N–C) groups is 2. The Bertz CT molecular complexity index is 2870. The maximum atomic E-state index is 12.2. The Morgan fingerprint density at radius 1 is 0.850 bits per heavy atom. The van der Waals surface area contributed by atoms with E-state index in [9.17, 15) is 34.6 Å². The van der Waals surface area contributed by atoms with Gasteiger partial charge in [-0.2, -0.15) is 8.42 Å². The molecule has 0 aliphatic carbocycles. The molecule has 6 N–H and O–H groups in total. The van der Waals surface area contributed by atoms with Crippen molar-refractivity contribution in [3.63, 3.8) is 0 Å². The predicted octanol–water partition coefficient (Wildman–Crippen LogP) is 4.00. The molecule has 1 amide bonds. The highest BCUT2D eigenvalue weighted by molar-refractivity contribution is 7.80. The Hall–Kier alpha value is -6.55. The molecule has 0 bridgehead atoms. The lowest BCUT2D eigenvalue weighted by molar-refractivity contribution is -0.386. The van der Waals surface area contributed by atoms with Gasteiger partial charge in [-0.1, -0.05) is 46.7 Å². The van der Waals surface area contributed by atoms with Gasteiger partial charge in [0.15, 0.2) is 10.1 Å². The molecule has 0 fully saturated rings. The number of fused-ring (bicyclic) bond motifs is 2. The van der Waals surface area contributed by atoms with Crippen LogP contribution in [0.3, 0.4) is 0 Å². The number of thiocarbonyl (C=S) groups is 1. The lowest BCUT2D eigenvalue weighted by Crippen LogP contribution is -2.44. The zero-order chi connectivity index (χ0) is 44.1. The molecular weight excluding hydrogens is 896 g/mol. The standard InChI is InChI=1S/C16H13ClN6O4S.C16H11ClN6O3S.H2O4S/c1-22-7-9(4-12(15(22)25)23(26)27)14(24)20-21-16(28)19-11-3-2-8-5-18-6-10(8)13(11)17;1-22-7-9(4-12(15(22)24)23(25)26)14-20-21-16(27-14)19-11-3-2-8-5-18-6-10(8)13(11)17;1-5(2,3)4/h2-4,6-7H,5H2,1H3,(H,20,24)(H2,19,21,28);2-4,6-7H,5H2,1H3,(H,19,21);(H2,1,2,3,4). The van der Waals surface area contributed by atoms with Gasteiger partial charge in [-0.05, 0) is 35.5 Å². The summed E-state index contributed by atoms with van der Waals surface area (Å²) in [5.74, 6) is -0.713. The first-order chi connectivity index (χ1) is 28.2. The van der Waals surface area contributed by atoms with E-state index in [0.717, 1.165) is 37.5 Å². The molecule has 2 aromatic carbocycles. The van der Waals surface area contributed by atoms with Crippen LogP contribution in [0, 0.1) is 20.2 Å². The molecule has 0 saturated carbocycles. The van der Waals surface area contributed by atoms with Gasteiger partial charge in [0.25, 0.3) is 5.91 Å². The van der Waals surface area contributed by atoms with E-state index in [1.54, 1.807) is 18.5 Å². The second-order valence-corrected chi connectivity index (χ2v) is 15.1. The fourth-order valence-corrected chi connectivity index (χ4v) is 6.68. The third kappa shape index (κ3) is 10.9. The van der Waals surface area contributed by atoms with Crippen LogP contribution in [0.25, 0.3) is 10.6 Å². The van der Waals surface area contributed by atoms with Crippen molar-refractivity contribution in [1.29, 1.82) is 0 Å². The number of carbonyl (C=O) groups is 1. The first-order valence-corrected chi connectivity index (χ1v) is 19.6. The number of nitro groups is 2. The van der Waals surface area contributed by atoms with Gasteiger partial charge in [0.2, 0.25) is 5.13 Å². The van der Waals surface area contributed by atoms with E-state index in [1.807, 2.05) is 18.2 Å². The van der Waals surface area contributed by atoms with Crippen molar-refractivity contribution in [3.05, 3.63) is 128 Å². The second kappa shape index (κ2) is 18.6. The van der Waals surface area contributed by atoms with Gasteiger partial charge in [0.05, 0.1) is 49.9 Å². The average molecular weight is 922 g/mol. The summed E-state index contributed by atoms with van der Waals surface area (Å²) in [6.45, 7) is 1.18. The number of halogens is 2. The fourth-order valence-electron chi connectivity index (χ4n) is 5.22. The first kappa shape index (κ1) is 44.6. The summed E-state index contributed by atoms with van der Waals surface area (Å²) in [6, 6.07) is 9.48. The molecular formula is C32H26Cl2N12O11S3. The molecule has 60 heavy (non-hydrogen) atoms. The van der Waals surface area contributed by atoms with Crippen LogP contribution in [0.5, 0.6) is 0 Å². The largest absolute Gasteiger partial charge is 0.394 e. The van der Waals surface area contributed by atoms with Crippen LogP contribution in [-0.2, 0) is 37.6 Å². The van der Waals surface area contributed by atoms with Gasteiger partial charge in [0, 0.05) is 67.7 Å². The zero-order valence-corrected chi connectivity index (χ0v) is 34.3. The molecule has 2 aliphatic heterocycles. The minimum Gasteiger partial charge on any atom is -0.330 e. The molecule has 7 rings (SSSR count). The number of nitrogens with zero attached hydrogens (tertiary/aromatic N) is 8. The topological polar surface area (TPSA) is 321 Å². The van der Waals surface area contributed by atoms with Crippen molar-refractivity contribution >= 4 is 108 Å². The molecule has 0 radical (unpaired) electrons. The number of hydrogen-bond acceptors (Lipinski definition) is 16. The van der Waals surface area contributed by atoms with E-state index in [0.29, 0.717) is 50.2 Å². The van der Waals surface area contributed by atoms with Gasteiger partial charge in [-0.3, -0.25) is 64.6 Å². The molecule has 0 unspecified atom stereocenters. The summed E-state index contributed by atoms with van der Waals surface area (Å²) in [4.78, 5) is 64.5. The third-order valence-corrected chi connectivity index (χ3v) is 9.85. The number of pyridine rings is 2. The molecule has 0 atom stereocenters. The highest BCUT2D eigenvalue weighted by Crippen LogP contribution is 2.35. The fraction of sp³-hybridized carbons (Fsp3) is 0.125. The Kier molecular flexibility index (Phi) is 13.8. The normalized spacial score (nSPS) is 11.9. The maximum absolute atomic E-state index is 12.2. The quantitative estimate of drug-likeness (QED) is 0.0581. The lowest BCUT2D eigenvalue weighted by atomic mass is 10.1. The number of anilines is 3. The molecule has 3 aromatic heterocycles. The van der Waals surface area contributed by atoms with Crippen molar-refractivity contribution in [1.82, 2.24) is 30.2 Å². The Balaban J connectivity index is 0.000000205. The number of nitrogens with one attached hydrogen (secondary N) is 4. The van der Waals surface area contributed by atoms with E-state index < -0.39 is 48.6 Å². The van der Waals surface area contributed by atoms with E-state index >= 15 is 0 Å². The van der Waals surface area contributed by atoms with Crippen LogP contribution in [0.1, 0.15) is 32.6 Å². The minimum absolute atomic E-state index is 0.0458. The van der Waals surface area contributed by atoms with Crippen molar-refractivity contribution < 1.29 is 32.2 Å². The molecule has 23 nitrogen and oxygen atoms in total. The summed E-state index contributed by atoms with van der Waals surface area (Å²) in [6.07, 6.45) is 6.07. The maximum Gasteiger partial charge on any atom is 0.394 e.